The lowest BCUT2D eigenvalue weighted by molar-refractivity contribution is -0.0107. The molecule has 0 saturated carbocycles. The van der Waals surface area contributed by atoms with Gasteiger partial charge < -0.3 is 10.0 Å². The third-order valence-corrected chi connectivity index (χ3v) is 3.95. The summed E-state index contributed by atoms with van der Waals surface area (Å²) in [6.45, 7) is 2.60. The molecular formula is C13H15BrFNO2. The minimum Gasteiger partial charge on any atom is -0.388 e. The first-order valence-corrected chi connectivity index (χ1v) is 6.66. The van der Waals surface area contributed by atoms with Crippen molar-refractivity contribution in [3.8, 4) is 0 Å². The number of benzene rings is 1. The molecule has 1 aromatic rings. The second-order valence-corrected chi connectivity index (χ2v) is 5.72. The summed E-state index contributed by atoms with van der Waals surface area (Å²) in [5, 5.41) is 9.98. The van der Waals surface area contributed by atoms with Gasteiger partial charge in [0.15, 0.2) is 0 Å². The number of hydrogen-bond donors (Lipinski definition) is 1. The number of carbonyl (C=O) groups is 1. The lowest BCUT2D eigenvalue weighted by Crippen LogP contribution is -2.48. The van der Waals surface area contributed by atoms with Gasteiger partial charge in [-0.3, -0.25) is 4.79 Å². The Kier molecular flexibility index (Phi) is 3.73. The van der Waals surface area contributed by atoms with Crippen LogP contribution in [-0.2, 0) is 0 Å². The van der Waals surface area contributed by atoms with Crippen molar-refractivity contribution in [2.75, 3.05) is 13.1 Å². The van der Waals surface area contributed by atoms with Gasteiger partial charge in [0.2, 0.25) is 0 Å². The van der Waals surface area contributed by atoms with Crippen molar-refractivity contribution in [1.82, 2.24) is 4.90 Å². The smallest absolute Gasteiger partial charge is 0.255 e. The first kappa shape index (κ1) is 13.5. The van der Waals surface area contributed by atoms with E-state index < -0.39 is 11.4 Å². The zero-order chi connectivity index (χ0) is 13.3. The van der Waals surface area contributed by atoms with Crippen molar-refractivity contribution in [3.05, 3.63) is 34.1 Å². The summed E-state index contributed by atoms with van der Waals surface area (Å²) in [4.78, 5) is 13.9. The van der Waals surface area contributed by atoms with E-state index in [1.165, 1.54) is 12.1 Å². The van der Waals surface area contributed by atoms with E-state index in [9.17, 15) is 14.3 Å². The van der Waals surface area contributed by atoms with Crippen LogP contribution in [0.15, 0.2) is 22.7 Å². The van der Waals surface area contributed by atoms with E-state index in [1.54, 1.807) is 17.9 Å². The fourth-order valence-corrected chi connectivity index (χ4v) is 2.67. The van der Waals surface area contributed by atoms with Gasteiger partial charge in [0.25, 0.3) is 5.91 Å². The Morgan fingerprint density at radius 2 is 2.28 bits per heavy atom. The lowest BCUT2D eigenvalue weighted by atomic mass is 9.94. The monoisotopic (exact) mass is 315 g/mol. The number of piperidine rings is 1. The number of hydrogen-bond acceptors (Lipinski definition) is 2. The number of likely N-dealkylation sites (tertiary alicyclic amines) is 1. The average Bonchev–Trinajstić information content (AvgIpc) is 2.30. The standard InChI is InChI=1S/C13H15BrFNO2/c1-13(18)6-3-7-16(8-13)12(17)9-4-2-5-10(15)11(9)14/h2,4-5,18H,3,6-8H2,1H3. The van der Waals surface area contributed by atoms with Crippen LogP contribution < -0.4 is 0 Å². The second-order valence-electron chi connectivity index (χ2n) is 4.93. The van der Waals surface area contributed by atoms with Crippen LogP contribution in [0.5, 0.6) is 0 Å². The van der Waals surface area contributed by atoms with Crippen molar-refractivity contribution in [2.45, 2.75) is 25.4 Å². The van der Waals surface area contributed by atoms with Crippen LogP contribution in [0.2, 0.25) is 0 Å². The van der Waals surface area contributed by atoms with Gasteiger partial charge >= 0.3 is 0 Å². The molecule has 0 bridgehead atoms. The summed E-state index contributed by atoms with van der Waals surface area (Å²) >= 11 is 3.09. The molecule has 0 aliphatic carbocycles. The third-order valence-electron chi connectivity index (χ3n) is 3.14. The fourth-order valence-electron chi connectivity index (χ4n) is 2.23. The number of β-amino-alcohol motifs (C(OH)–C–C–N with tert-alkyl or cyclic N) is 1. The molecule has 1 aromatic carbocycles. The molecule has 1 heterocycles. The normalized spacial score (nSPS) is 24.1. The molecule has 5 heteroatoms. The van der Waals surface area contributed by atoms with Gasteiger partial charge in [0.05, 0.1) is 15.6 Å². The summed E-state index contributed by atoms with van der Waals surface area (Å²) < 4.78 is 13.6. The van der Waals surface area contributed by atoms with Crippen LogP contribution in [0.3, 0.4) is 0 Å². The number of nitrogens with zero attached hydrogens (tertiary/aromatic N) is 1. The molecule has 1 aliphatic heterocycles. The Labute approximate surface area is 114 Å². The van der Waals surface area contributed by atoms with Gasteiger partial charge in [0.1, 0.15) is 5.82 Å². The summed E-state index contributed by atoms with van der Waals surface area (Å²) in [7, 11) is 0. The maximum atomic E-state index is 13.4. The molecule has 1 atom stereocenters. The highest BCUT2D eigenvalue weighted by atomic mass is 79.9. The summed E-state index contributed by atoms with van der Waals surface area (Å²) in [6.07, 6.45) is 1.44. The van der Waals surface area contributed by atoms with Crippen LogP contribution in [0.1, 0.15) is 30.1 Å². The molecule has 0 aromatic heterocycles. The van der Waals surface area contributed by atoms with Gasteiger partial charge in [0, 0.05) is 13.1 Å². The fraction of sp³-hybridized carbons (Fsp3) is 0.462. The van der Waals surface area contributed by atoms with Crippen molar-refractivity contribution >= 4 is 21.8 Å². The predicted octanol–water partition coefficient (Wildman–Crippen LogP) is 2.58. The molecule has 1 N–H and O–H groups in total. The molecule has 2 rings (SSSR count). The van der Waals surface area contributed by atoms with Crippen LogP contribution in [0.4, 0.5) is 4.39 Å². The van der Waals surface area contributed by atoms with Crippen molar-refractivity contribution in [1.29, 1.82) is 0 Å². The zero-order valence-corrected chi connectivity index (χ0v) is 11.7. The highest BCUT2D eigenvalue weighted by Gasteiger charge is 2.32. The first-order valence-electron chi connectivity index (χ1n) is 5.86. The highest BCUT2D eigenvalue weighted by Crippen LogP contribution is 2.25. The van der Waals surface area contributed by atoms with Crippen LogP contribution in [0, 0.1) is 5.82 Å². The van der Waals surface area contributed by atoms with Gasteiger partial charge in [-0.1, -0.05) is 6.07 Å². The van der Waals surface area contributed by atoms with Crippen LogP contribution in [0.25, 0.3) is 0 Å². The van der Waals surface area contributed by atoms with Crippen LogP contribution in [-0.4, -0.2) is 34.6 Å². The summed E-state index contributed by atoms with van der Waals surface area (Å²) in [6, 6.07) is 4.39. The van der Waals surface area contributed by atoms with Crippen molar-refractivity contribution in [2.24, 2.45) is 0 Å². The largest absolute Gasteiger partial charge is 0.388 e. The molecule has 1 aliphatic rings. The third kappa shape index (κ3) is 2.72. The number of halogens is 2. The topological polar surface area (TPSA) is 40.5 Å². The Morgan fingerprint density at radius 1 is 1.56 bits per heavy atom. The van der Waals surface area contributed by atoms with E-state index in [-0.39, 0.29) is 16.9 Å². The van der Waals surface area contributed by atoms with E-state index in [0.717, 1.165) is 6.42 Å². The molecule has 1 fully saturated rings. The number of carbonyl (C=O) groups excluding carboxylic acids is 1. The maximum absolute atomic E-state index is 13.4. The summed E-state index contributed by atoms with van der Waals surface area (Å²) in [5.41, 5.74) is -0.555. The number of amides is 1. The van der Waals surface area contributed by atoms with E-state index in [0.29, 0.717) is 18.5 Å². The molecule has 0 spiro atoms. The summed E-state index contributed by atoms with van der Waals surface area (Å²) in [5.74, 6) is -0.703. The Hall–Kier alpha value is -0.940. The van der Waals surface area contributed by atoms with Crippen molar-refractivity contribution < 1.29 is 14.3 Å². The molecule has 3 nitrogen and oxygen atoms in total. The first-order chi connectivity index (χ1) is 8.41. The molecule has 1 unspecified atom stereocenters. The predicted molar refractivity (Wildman–Crippen MR) is 69.9 cm³/mol. The highest BCUT2D eigenvalue weighted by molar-refractivity contribution is 9.10. The molecule has 0 radical (unpaired) electrons. The molecule has 1 saturated heterocycles. The number of aliphatic hydroxyl groups is 1. The van der Waals surface area contributed by atoms with Gasteiger partial charge in [-0.15, -0.1) is 0 Å². The SMILES string of the molecule is CC1(O)CCCN(C(=O)c2cccc(F)c2Br)C1. The van der Waals surface area contributed by atoms with E-state index in [1.807, 2.05) is 0 Å². The Morgan fingerprint density at radius 3 is 2.94 bits per heavy atom. The van der Waals surface area contributed by atoms with Crippen LogP contribution >= 0.6 is 15.9 Å². The van der Waals surface area contributed by atoms with E-state index >= 15 is 0 Å². The zero-order valence-electron chi connectivity index (χ0n) is 10.1. The van der Waals surface area contributed by atoms with E-state index in [4.69, 9.17) is 0 Å². The van der Waals surface area contributed by atoms with Gasteiger partial charge in [-0.2, -0.15) is 0 Å². The van der Waals surface area contributed by atoms with Crippen molar-refractivity contribution in [3.63, 3.8) is 0 Å². The minimum atomic E-state index is -0.853. The Balaban J connectivity index is 2.23. The maximum Gasteiger partial charge on any atom is 0.255 e. The molecule has 1 amide bonds. The molecule has 98 valence electrons. The van der Waals surface area contributed by atoms with Gasteiger partial charge in [-0.25, -0.2) is 4.39 Å². The van der Waals surface area contributed by atoms with E-state index in [2.05, 4.69) is 15.9 Å². The lowest BCUT2D eigenvalue weighted by Gasteiger charge is -2.37. The molecule has 18 heavy (non-hydrogen) atoms. The second kappa shape index (κ2) is 4.97. The number of rotatable bonds is 1. The Bertz CT molecular complexity index is 476. The minimum absolute atomic E-state index is 0.181. The quantitative estimate of drug-likeness (QED) is 0.865. The van der Waals surface area contributed by atoms with Gasteiger partial charge in [-0.05, 0) is 47.8 Å². The molecular weight excluding hydrogens is 301 g/mol. The average molecular weight is 316 g/mol.